The summed E-state index contributed by atoms with van der Waals surface area (Å²) in [6.45, 7) is 0.346. The molecular weight excluding hydrogens is 400 g/mol. The van der Waals surface area contributed by atoms with E-state index >= 15 is 0 Å². The quantitative estimate of drug-likeness (QED) is 0.291. The van der Waals surface area contributed by atoms with E-state index in [0.29, 0.717) is 17.1 Å². The molecule has 0 heterocycles. The van der Waals surface area contributed by atoms with Gasteiger partial charge in [-0.15, -0.1) is 13.2 Å². The number of anilines is 1. The van der Waals surface area contributed by atoms with Gasteiger partial charge in [-0.05, 0) is 48.1 Å². The summed E-state index contributed by atoms with van der Waals surface area (Å²) in [7, 11) is 0. The number of hydrogen-bond donors (Lipinski definition) is 1. The summed E-state index contributed by atoms with van der Waals surface area (Å²) >= 11 is -1.32. The van der Waals surface area contributed by atoms with Crippen molar-refractivity contribution in [3.8, 4) is 5.75 Å². The summed E-state index contributed by atoms with van der Waals surface area (Å²) in [6.07, 6.45) is -4.06. The lowest BCUT2D eigenvalue weighted by Gasteiger charge is -2.14. The van der Waals surface area contributed by atoms with E-state index in [1.54, 1.807) is 24.3 Å². The summed E-state index contributed by atoms with van der Waals surface area (Å²) < 4.78 is 57.5. The van der Waals surface area contributed by atoms with Gasteiger partial charge in [-0.3, -0.25) is 0 Å². The minimum absolute atomic E-state index is 0.0644. The van der Waals surface area contributed by atoms with Crippen molar-refractivity contribution in [2.75, 3.05) is 11.9 Å². The Morgan fingerprint density at radius 2 is 1.93 bits per heavy atom. The maximum atomic E-state index is 13.4. The minimum atomic E-state index is -4.87. The van der Waals surface area contributed by atoms with Crippen LogP contribution in [-0.2, 0) is 15.9 Å². The van der Waals surface area contributed by atoms with Gasteiger partial charge in [0.1, 0.15) is 5.82 Å². The van der Waals surface area contributed by atoms with E-state index in [4.69, 9.17) is 0 Å². The van der Waals surface area contributed by atoms with Crippen LogP contribution in [0.1, 0.15) is 17.9 Å². The van der Waals surface area contributed by atoms with Gasteiger partial charge in [-0.1, -0.05) is 17.0 Å². The number of halogens is 4. The second-order valence-corrected chi connectivity index (χ2v) is 7.67. The normalized spacial score (nSPS) is 19.6. The van der Waals surface area contributed by atoms with Gasteiger partial charge in [0.25, 0.3) is 11.1 Å². The van der Waals surface area contributed by atoms with Crippen molar-refractivity contribution in [1.29, 1.82) is 0 Å². The number of nitrogens with one attached hydrogen (secondary N) is 1. The molecule has 3 rings (SSSR count). The lowest BCUT2D eigenvalue weighted by molar-refractivity contribution is -0.274. The van der Waals surface area contributed by atoms with Gasteiger partial charge in [0.2, 0.25) is 0 Å². The molecule has 3 atom stereocenters. The molecule has 0 amide bonds. The maximum absolute atomic E-state index is 13.4. The van der Waals surface area contributed by atoms with Crippen molar-refractivity contribution < 1.29 is 27.1 Å². The van der Waals surface area contributed by atoms with Gasteiger partial charge in [-0.2, -0.15) is 0 Å². The minimum Gasteiger partial charge on any atom is -0.404 e. The molecule has 0 aliphatic heterocycles. The molecule has 2 aromatic rings. The molecule has 5 nitrogen and oxygen atoms in total. The first-order valence-corrected chi connectivity index (χ1v) is 9.46. The van der Waals surface area contributed by atoms with E-state index < -0.39 is 29.0 Å². The van der Waals surface area contributed by atoms with Gasteiger partial charge in [-0.25, -0.2) is 9.18 Å². The third-order valence-corrected chi connectivity index (χ3v) is 5.46. The molecule has 1 aliphatic rings. The van der Waals surface area contributed by atoms with Crippen LogP contribution in [-0.4, -0.2) is 18.5 Å². The Balaban J connectivity index is 1.61. The predicted molar refractivity (Wildman–Crippen MR) is 97.0 cm³/mol. The Labute approximate surface area is 160 Å². The average molecular weight is 415 g/mol. The van der Waals surface area contributed by atoms with E-state index in [9.17, 15) is 27.3 Å². The van der Waals surface area contributed by atoms with E-state index in [0.717, 1.165) is 30.2 Å². The van der Waals surface area contributed by atoms with Crippen molar-refractivity contribution >= 4 is 22.4 Å². The monoisotopic (exact) mass is 415 g/mol. The number of carbonyl (C=O) groups is 1. The van der Waals surface area contributed by atoms with Crippen molar-refractivity contribution in [2.24, 2.45) is 10.5 Å². The van der Waals surface area contributed by atoms with Gasteiger partial charge in [0.15, 0.2) is 15.2 Å². The van der Waals surface area contributed by atoms with Crippen LogP contribution in [0.3, 0.4) is 0 Å². The van der Waals surface area contributed by atoms with E-state index in [1.165, 1.54) is 0 Å². The molecular formula is C18H15F4N2O3S+. The van der Waals surface area contributed by atoms with Crippen molar-refractivity contribution in [3.05, 3.63) is 58.8 Å². The van der Waals surface area contributed by atoms with E-state index in [2.05, 4.69) is 14.6 Å². The molecule has 1 fully saturated rings. The molecule has 1 saturated carbocycles. The van der Waals surface area contributed by atoms with Gasteiger partial charge in [0, 0.05) is 12.6 Å². The first-order valence-electron chi connectivity index (χ1n) is 8.21. The van der Waals surface area contributed by atoms with Crippen molar-refractivity contribution in [1.82, 2.24) is 0 Å². The molecule has 1 aliphatic carbocycles. The molecule has 0 aromatic heterocycles. The molecule has 0 spiro atoms. The second kappa shape index (κ2) is 8.17. The van der Waals surface area contributed by atoms with Crippen LogP contribution < -0.4 is 10.1 Å². The summed E-state index contributed by atoms with van der Waals surface area (Å²) in [6, 6.07) is 9.72. The van der Waals surface area contributed by atoms with Crippen LogP contribution in [0.5, 0.6) is 5.75 Å². The maximum Gasteiger partial charge on any atom is 0.573 e. The van der Waals surface area contributed by atoms with Gasteiger partial charge in [0.05, 0.1) is 5.69 Å². The first kappa shape index (κ1) is 20.1. The summed E-state index contributed by atoms with van der Waals surface area (Å²) in [5, 5.41) is 2.82. The smallest absolute Gasteiger partial charge is 0.404 e. The number of nitrogens with zero attached hydrogens (tertiary/aromatic N) is 1. The third-order valence-electron chi connectivity index (χ3n) is 4.37. The molecule has 10 heteroatoms. The Bertz CT molecular complexity index is 853. The Morgan fingerprint density at radius 1 is 1.21 bits per heavy atom. The van der Waals surface area contributed by atoms with Crippen LogP contribution in [0.2, 0.25) is 0 Å². The summed E-state index contributed by atoms with van der Waals surface area (Å²) in [4.78, 5) is 21.9. The number of hydrogen-bond acceptors (Lipinski definition) is 5. The number of rotatable bonds is 8. The fourth-order valence-corrected chi connectivity index (χ4v) is 3.59. The first-order chi connectivity index (χ1) is 13.3. The van der Waals surface area contributed by atoms with Crippen LogP contribution in [0.4, 0.5) is 23.2 Å². The van der Waals surface area contributed by atoms with Crippen molar-refractivity contribution in [3.63, 3.8) is 0 Å². The van der Waals surface area contributed by atoms with Crippen LogP contribution >= 0.6 is 0 Å². The summed E-state index contributed by atoms with van der Waals surface area (Å²) in [5.41, 5.74) is 1.41. The average Bonchev–Trinajstić information content (AvgIpc) is 3.42. The zero-order valence-electron chi connectivity index (χ0n) is 14.3. The van der Waals surface area contributed by atoms with Crippen LogP contribution in [0, 0.1) is 16.6 Å². The van der Waals surface area contributed by atoms with Gasteiger partial charge >= 0.3 is 12.0 Å². The van der Waals surface area contributed by atoms with Gasteiger partial charge < -0.3 is 10.1 Å². The molecule has 1 unspecified atom stereocenters. The van der Waals surface area contributed by atoms with E-state index in [-0.39, 0.29) is 17.5 Å². The third kappa shape index (κ3) is 5.00. The highest BCUT2D eigenvalue weighted by atomic mass is 32.2. The zero-order valence-corrected chi connectivity index (χ0v) is 15.1. The zero-order chi connectivity index (χ0) is 20.3. The highest BCUT2D eigenvalue weighted by Crippen LogP contribution is 2.47. The number of nitroso groups, excluding NO2 is 1. The topological polar surface area (TPSA) is 67.8 Å². The summed E-state index contributed by atoms with van der Waals surface area (Å²) in [5.74, 6) is -0.822. The van der Waals surface area contributed by atoms with Crippen LogP contribution in [0.15, 0.2) is 51.9 Å². The lowest BCUT2D eigenvalue weighted by atomic mass is 10.1. The highest BCUT2D eigenvalue weighted by molar-refractivity contribution is 8.08. The molecule has 0 bridgehead atoms. The number of ether oxygens (including phenoxy) is 1. The molecule has 0 radical (unpaired) electrons. The molecule has 2 aromatic carbocycles. The largest absolute Gasteiger partial charge is 0.573 e. The fourth-order valence-electron chi connectivity index (χ4n) is 2.95. The number of benzene rings is 2. The Morgan fingerprint density at radius 3 is 2.54 bits per heavy atom. The molecule has 28 heavy (non-hydrogen) atoms. The van der Waals surface area contributed by atoms with Crippen molar-refractivity contribution in [2.45, 2.75) is 23.6 Å². The van der Waals surface area contributed by atoms with Crippen LogP contribution in [0.25, 0.3) is 0 Å². The lowest BCUT2D eigenvalue weighted by Crippen LogP contribution is -2.18. The Kier molecular flexibility index (Phi) is 5.87. The number of carbonyl (C=O) groups excluding carboxylic acids is 1. The Hall–Kier alpha value is -2.62. The highest BCUT2D eigenvalue weighted by Gasteiger charge is 2.39. The number of alkyl halides is 3. The standard InChI is InChI=1S/C18H15F4N2O3S/c19-13-3-6-17(27-18(20,21)22)16(8-13)23-9-12-7-15(12)11-1-4-14(5-2-11)28(10-25)24-26/h1-6,8,10,12,15,23H,7,9H2/q+1/t12-,15-,28?/m1/s1. The fraction of sp³-hybridized carbons (Fsp3) is 0.278. The molecule has 1 N–H and O–H groups in total. The predicted octanol–water partition coefficient (Wildman–Crippen LogP) is 4.79. The van der Waals surface area contributed by atoms with E-state index in [1.807, 2.05) is 0 Å². The molecule has 148 valence electrons. The second-order valence-electron chi connectivity index (χ2n) is 6.23. The SMILES string of the molecule is O=C[S+](N=O)c1ccc([C@H]2C[C@@H]2CNc2cc(F)ccc2OC(F)(F)F)cc1. The molecule has 0 saturated heterocycles.